The first-order chi connectivity index (χ1) is 10.5. The number of nitrogens with one attached hydrogen (secondary N) is 2. The van der Waals surface area contributed by atoms with Gasteiger partial charge < -0.3 is 15.7 Å². The number of thioether (sulfide) groups is 1. The number of amides is 2. The van der Waals surface area contributed by atoms with Crippen LogP contribution in [0, 0.1) is 5.92 Å². The largest absolute Gasteiger partial charge is 0.481 e. The minimum Gasteiger partial charge on any atom is -0.481 e. The Balaban J connectivity index is 2.02. The summed E-state index contributed by atoms with van der Waals surface area (Å²) in [4.78, 5) is 35.5. The maximum Gasteiger partial charge on any atom is 0.308 e. The van der Waals surface area contributed by atoms with Gasteiger partial charge >= 0.3 is 5.97 Å². The number of aliphatic carboxylic acids is 1. The summed E-state index contributed by atoms with van der Waals surface area (Å²) in [5.41, 5.74) is 1.03. The minimum atomic E-state index is -0.906. The maximum absolute atomic E-state index is 12.1. The number of carboxylic acids is 1. The van der Waals surface area contributed by atoms with Crippen molar-refractivity contribution in [2.24, 2.45) is 5.92 Å². The SMILES string of the molecule is CCCC(CNC(=O)c1ccc2c(c1)NC(=O)CS2)C(=O)O. The van der Waals surface area contributed by atoms with Gasteiger partial charge in [-0.1, -0.05) is 13.3 Å². The second-order valence-electron chi connectivity index (χ2n) is 5.08. The van der Waals surface area contributed by atoms with Gasteiger partial charge in [-0.3, -0.25) is 14.4 Å². The Hall–Kier alpha value is -2.02. The van der Waals surface area contributed by atoms with E-state index in [9.17, 15) is 14.4 Å². The van der Waals surface area contributed by atoms with Gasteiger partial charge in [0.05, 0.1) is 17.4 Å². The average Bonchev–Trinajstić information content (AvgIpc) is 2.50. The summed E-state index contributed by atoms with van der Waals surface area (Å²) in [6.07, 6.45) is 1.27. The predicted octanol–water partition coefficient (Wildman–Crippen LogP) is 1.96. The van der Waals surface area contributed by atoms with Crippen molar-refractivity contribution in [1.82, 2.24) is 5.32 Å². The van der Waals surface area contributed by atoms with Crippen LogP contribution >= 0.6 is 11.8 Å². The highest BCUT2D eigenvalue weighted by Crippen LogP contribution is 2.31. The van der Waals surface area contributed by atoms with Crippen molar-refractivity contribution in [3.05, 3.63) is 23.8 Å². The predicted molar refractivity (Wildman–Crippen MR) is 84.2 cm³/mol. The molecule has 0 aliphatic carbocycles. The second kappa shape index (κ2) is 7.31. The molecule has 1 aromatic rings. The molecule has 6 nitrogen and oxygen atoms in total. The number of benzene rings is 1. The molecule has 0 aromatic heterocycles. The van der Waals surface area contributed by atoms with Crippen molar-refractivity contribution >= 4 is 35.2 Å². The molecule has 0 saturated heterocycles. The molecule has 1 unspecified atom stereocenters. The number of fused-ring (bicyclic) bond motifs is 1. The van der Waals surface area contributed by atoms with E-state index < -0.39 is 11.9 Å². The Labute approximate surface area is 132 Å². The van der Waals surface area contributed by atoms with E-state index >= 15 is 0 Å². The van der Waals surface area contributed by atoms with Crippen LogP contribution in [-0.2, 0) is 9.59 Å². The molecule has 0 radical (unpaired) electrons. The van der Waals surface area contributed by atoms with Crippen molar-refractivity contribution in [3.8, 4) is 0 Å². The Morgan fingerprint density at radius 1 is 1.45 bits per heavy atom. The first-order valence-corrected chi connectivity index (χ1v) is 8.07. The molecule has 2 rings (SSSR count). The topological polar surface area (TPSA) is 95.5 Å². The fourth-order valence-corrected chi connectivity index (χ4v) is 2.99. The molecule has 22 heavy (non-hydrogen) atoms. The van der Waals surface area contributed by atoms with E-state index in [1.165, 1.54) is 11.8 Å². The van der Waals surface area contributed by atoms with Crippen molar-refractivity contribution in [2.45, 2.75) is 24.7 Å². The molecular formula is C15H18N2O4S. The molecule has 0 fully saturated rings. The molecule has 0 bridgehead atoms. The monoisotopic (exact) mass is 322 g/mol. The van der Waals surface area contributed by atoms with Crippen molar-refractivity contribution in [1.29, 1.82) is 0 Å². The van der Waals surface area contributed by atoms with Gasteiger partial charge in [0, 0.05) is 17.0 Å². The lowest BCUT2D eigenvalue weighted by Gasteiger charge is -2.17. The second-order valence-corrected chi connectivity index (χ2v) is 6.10. The van der Waals surface area contributed by atoms with Crippen LogP contribution in [0.25, 0.3) is 0 Å². The summed E-state index contributed by atoms with van der Waals surface area (Å²) < 4.78 is 0. The van der Waals surface area contributed by atoms with Gasteiger partial charge in [0.1, 0.15) is 0 Å². The van der Waals surface area contributed by atoms with E-state index in [0.29, 0.717) is 23.4 Å². The quantitative estimate of drug-likeness (QED) is 0.744. The van der Waals surface area contributed by atoms with Crippen LogP contribution in [0.15, 0.2) is 23.1 Å². The summed E-state index contributed by atoms with van der Waals surface area (Å²) in [5, 5.41) is 14.4. The van der Waals surface area contributed by atoms with Crippen LogP contribution in [0.5, 0.6) is 0 Å². The first-order valence-electron chi connectivity index (χ1n) is 7.09. The lowest BCUT2D eigenvalue weighted by Crippen LogP contribution is -2.33. The third-order valence-electron chi connectivity index (χ3n) is 3.37. The lowest BCUT2D eigenvalue weighted by atomic mass is 10.0. The highest BCUT2D eigenvalue weighted by atomic mass is 32.2. The van der Waals surface area contributed by atoms with Crippen molar-refractivity contribution < 1.29 is 19.5 Å². The number of hydrogen-bond donors (Lipinski definition) is 3. The highest BCUT2D eigenvalue weighted by molar-refractivity contribution is 8.00. The normalized spacial score (nSPS) is 14.7. The van der Waals surface area contributed by atoms with Crippen LogP contribution in [0.4, 0.5) is 5.69 Å². The fourth-order valence-electron chi connectivity index (χ4n) is 2.20. The zero-order valence-corrected chi connectivity index (χ0v) is 13.0. The molecule has 1 aliphatic rings. The maximum atomic E-state index is 12.1. The number of rotatable bonds is 6. The molecule has 0 saturated carbocycles. The minimum absolute atomic E-state index is 0.0936. The Morgan fingerprint density at radius 2 is 2.23 bits per heavy atom. The smallest absolute Gasteiger partial charge is 0.308 e. The van der Waals surface area contributed by atoms with Crippen LogP contribution in [-0.4, -0.2) is 35.2 Å². The molecule has 1 heterocycles. The molecule has 3 N–H and O–H groups in total. The van der Waals surface area contributed by atoms with Crippen LogP contribution in [0.3, 0.4) is 0 Å². The standard InChI is InChI=1S/C15H18N2O4S/c1-2-3-10(15(20)21)7-16-14(19)9-4-5-12-11(6-9)17-13(18)8-22-12/h4-6,10H,2-3,7-8H2,1H3,(H,16,19)(H,17,18)(H,20,21). The van der Waals surface area contributed by atoms with Gasteiger partial charge in [0.2, 0.25) is 5.91 Å². The van der Waals surface area contributed by atoms with Gasteiger partial charge in [0.15, 0.2) is 0 Å². The van der Waals surface area contributed by atoms with Crippen molar-refractivity contribution in [2.75, 3.05) is 17.6 Å². The zero-order valence-electron chi connectivity index (χ0n) is 12.2. The third kappa shape index (κ3) is 4.00. The third-order valence-corrected chi connectivity index (χ3v) is 4.44. The number of carbonyl (C=O) groups excluding carboxylic acids is 2. The van der Waals surface area contributed by atoms with Crippen molar-refractivity contribution in [3.63, 3.8) is 0 Å². The molecule has 2 amide bonds. The van der Waals surface area contributed by atoms with E-state index in [2.05, 4.69) is 10.6 Å². The number of carboxylic acid groups (broad SMARTS) is 1. The molecule has 1 aliphatic heterocycles. The highest BCUT2D eigenvalue weighted by Gasteiger charge is 2.20. The molecule has 1 atom stereocenters. The lowest BCUT2D eigenvalue weighted by molar-refractivity contribution is -0.141. The molecule has 118 valence electrons. The summed E-state index contributed by atoms with van der Waals surface area (Å²) in [6, 6.07) is 5.08. The molecule has 0 spiro atoms. The molecular weight excluding hydrogens is 304 g/mol. The summed E-state index contributed by atoms with van der Waals surface area (Å²) in [5.74, 6) is -1.55. The number of hydrogen-bond acceptors (Lipinski definition) is 4. The van der Waals surface area contributed by atoms with E-state index in [1.807, 2.05) is 6.92 Å². The average molecular weight is 322 g/mol. The van der Waals surface area contributed by atoms with Gasteiger partial charge in [-0.25, -0.2) is 0 Å². The number of anilines is 1. The number of carbonyl (C=O) groups is 3. The summed E-state index contributed by atoms with van der Waals surface area (Å²) >= 11 is 1.42. The van der Waals surface area contributed by atoms with Crippen LogP contribution in [0.1, 0.15) is 30.1 Å². The van der Waals surface area contributed by atoms with Gasteiger partial charge in [-0.2, -0.15) is 0 Å². The summed E-state index contributed by atoms with van der Waals surface area (Å²) in [7, 11) is 0. The van der Waals surface area contributed by atoms with E-state index in [1.54, 1.807) is 18.2 Å². The van der Waals surface area contributed by atoms with Gasteiger partial charge in [-0.15, -0.1) is 11.8 Å². The zero-order chi connectivity index (χ0) is 16.1. The van der Waals surface area contributed by atoms with E-state index in [-0.39, 0.29) is 18.4 Å². The van der Waals surface area contributed by atoms with Crippen LogP contribution < -0.4 is 10.6 Å². The molecule has 1 aromatic carbocycles. The first kappa shape index (κ1) is 16.4. The van der Waals surface area contributed by atoms with Gasteiger partial charge in [0.25, 0.3) is 5.91 Å². The summed E-state index contributed by atoms with van der Waals surface area (Å²) in [6.45, 7) is 2.00. The Morgan fingerprint density at radius 3 is 2.91 bits per heavy atom. The Kier molecular flexibility index (Phi) is 5.43. The van der Waals surface area contributed by atoms with Gasteiger partial charge in [-0.05, 0) is 24.6 Å². The van der Waals surface area contributed by atoms with E-state index in [4.69, 9.17) is 5.11 Å². The van der Waals surface area contributed by atoms with Crippen LogP contribution in [0.2, 0.25) is 0 Å². The fraction of sp³-hybridized carbons (Fsp3) is 0.400. The van der Waals surface area contributed by atoms with E-state index in [0.717, 1.165) is 11.3 Å². The Bertz CT molecular complexity index is 603. The molecule has 7 heteroatoms.